The van der Waals surface area contributed by atoms with Crippen LogP contribution in [0.5, 0.6) is 0 Å². The molecule has 0 aromatic carbocycles. The van der Waals surface area contributed by atoms with E-state index in [9.17, 15) is 4.79 Å². The van der Waals surface area contributed by atoms with Gasteiger partial charge in [0.1, 0.15) is 6.29 Å². The minimum Gasteiger partial charge on any atom is -0.379 e. The lowest BCUT2D eigenvalue weighted by atomic mass is 10.1. The van der Waals surface area contributed by atoms with E-state index in [-0.39, 0.29) is 5.92 Å². The quantitative estimate of drug-likeness (QED) is 0.578. The first-order valence-corrected chi connectivity index (χ1v) is 4.62. The first-order valence-electron chi connectivity index (χ1n) is 4.62. The molecular formula is C9H17NO2. The van der Waals surface area contributed by atoms with E-state index < -0.39 is 0 Å². The third-order valence-electron chi connectivity index (χ3n) is 2.31. The number of hydrogen-bond donors (Lipinski definition) is 0. The highest BCUT2D eigenvalue weighted by Gasteiger charge is 2.14. The lowest BCUT2D eigenvalue weighted by molar-refractivity contribution is -0.112. The van der Waals surface area contributed by atoms with Crippen LogP contribution >= 0.6 is 0 Å². The number of aldehydes is 1. The highest BCUT2D eigenvalue weighted by atomic mass is 16.5. The van der Waals surface area contributed by atoms with Gasteiger partial charge in [-0.25, -0.2) is 0 Å². The summed E-state index contributed by atoms with van der Waals surface area (Å²) in [5.74, 6) is 0.211. The van der Waals surface area contributed by atoms with E-state index in [1.807, 2.05) is 0 Å². The number of morpholine rings is 1. The van der Waals surface area contributed by atoms with Crippen molar-refractivity contribution in [2.45, 2.75) is 13.3 Å². The van der Waals surface area contributed by atoms with Gasteiger partial charge in [-0.15, -0.1) is 0 Å². The first-order chi connectivity index (χ1) is 5.86. The topological polar surface area (TPSA) is 29.5 Å². The van der Waals surface area contributed by atoms with Gasteiger partial charge in [0.15, 0.2) is 0 Å². The molecule has 3 heteroatoms. The summed E-state index contributed by atoms with van der Waals surface area (Å²) in [7, 11) is 0. The van der Waals surface area contributed by atoms with Crippen molar-refractivity contribution in [3.8, 4) is 0 Å². The van der Waals surface area contributed by atoms with Crippen molar-refractivity contribution >= 4 is 6.29 Å². The van der Waals surface area contributed by atoms with Crippen LogP contribution in [0.3, 0.4) is 0 Å². The minimum atomic E-state index is 0.211. The summed E-state index contributed by atoms with van der Waals surface area (Å²) in [6.07, 6.45) is 2.01. The van der Waals surface area contributed by atoms with Crippen LogP contribution in [0.15, 0.2) is 0 Å². The fourth-order valence-electron chi connectivity index (χ4n) is 1.38. The molecule has 1 aliphatic rings. The fourth-order valence-corrected chi connectivity index (χ4v) is 1.38. The second-order valence-corrected chi connectivity index (χ2v) is 3.22. The molecule has 1 saturated heterocycles. The van der Waals surface area contributed by atoms with Gasteiger partial charge in [-0.3, -0.25) is 4.90 Å². The molecule has 0 radical (unpaired) electrons. The van der Waals surface area contributed by atoms with E-state index in [1.54, 1.807) is 0 Å². The molecule has 1 atom stereocenters. The van der Waals surface area contributed by atoms with Gasteiger partial charge in [0.05, 0.1) is 13.2 Å². The predicted octanol–water partition coefficient (Wildman–Crippen LogP) is 0.544. The van der Waals surface area contributed by atoms with Gasteiger partial charge in [-0.2, -0.15) is 0 Å². The van der Waals surface area contributed by atoms with Crippen LogP contribution in [-0.4, -0.2) is 44.0 Å². The predicted molar refractivity (Wildman–Crippen MR) is 47.1 cm³/mol. The third-order valence-corrected chi connectivity index (χ3v) is 2.31. The van der Waals surface area contributed by atoms with E-state index in [0.29, 0.717) is 0 Å². The van der Waals surface area contributed by atoms with Crippen LogP contribution in [0.4, 0.5) is 0 Å². The van der Waals surface area contributed by atoms with Crippen LogP contribution < -0.4 is 0 Å². The summed E-state index contributed by atoms with van der Waals surface area (Å²) in [6, 6.07) is 0. The van der Waals surface area contributed by atoms with Crippen LogP contribution in [-0.2, 0) is 9.53 Å². The molecule has 0 N–H and O–H groups in total. The van der Waals surface area contributed by atoms with E-state index >= 15 is 0 Å². The van der Waals surface area contributed by atoms with Gasteiger partial charge in [0, 0.05) is 25.6 Å². The molecule has 0 bridgehead atoms. The molecule has 12 heavy (non-hydrogen) atoms. The Morgan fingerprint density at radius 1 is 1.50 bits per heavy atom. The maximum absolute atomic E-state index is 10.6. The van der Waals surface area contributed by atoms with Crippen molar-refractivity contribution < 1.29 is 9.53 Å². The van der Waals surface area contributed by atoms with Crippen molar-refractivity contribution in [2.75, 3.05) is 32.8 Å². The third kappa shape index (κ3) is 2.91. The summed E-state index contributed by atoms with van der Waals surface area (Å²) < 4.78 is 5.22. The highest BCUT2D eigenvalue weighted by Crippen LogP contribution is 2.04. The lowest BCUT2D eigenvalue weighted by Crippen LogP contribution is -2.39. The zero-order valence-electron chi connectivity index (χ0n) is 7.66. The fraction of sp³-hybridized carbons (Fsp3) is 0.889. The zero-order valence-corrected chi connectivity index (χ0v) is 7.66. The molecule has 1 heterocycles. The molecule has 0 aromatic heterocycles. The molecule has 0 aromatic rings. The second kappa shape index (κ2) is 5.27. The Hall–Kier alpha value is -0.410. The molecule has 1 aliphatic heterocycles. The number of carbonyl (C=O) groups is 1. The van der Waals surface area contributed by atoms with Gasteiger partial charge >= 0.3 is 0 Å². The monoisotopic (exact) mass is 171 g/mol. The van der Waals surface area contributed by atoms with E-state index in [1.165, 1.54) is 0 Å². The number of ether oxygens (including phenoxy) is 1. The molecule has 1 fully saturated rings. The van der Waals surface area contributed by atoms with E-state index in [2.05, 4.69) is 11.8 Å². The Kier molecular flexibility index (Phi) is 4.25. The van der Waals surface area contributed by atoms with Crippen LogP contribution in [0.25, 0.3) is 0 Å². The smallest absolute Gasteiger partial charge is 0.124 e. The molecule has 1 rings (SSSR count). The summed E-state index contributed by atoms with van der Waals surface area (Å²) >= 11 is 0. The second-order valence-electron chi connectivity index (χ2n) is 3.22. The summed E-state index contributed by atoms with van der Waals surface area (Å²) in [6.45, 7) is 6.54. The molecule has 3 nitrogen and oxygen atoms in total. The number of hydrogen-bond acceptors (Lipinski definition) is 3. The van der Waals surface area contributed by atoms with Crippen molar-refractivity contribution in [3.63, 3.8) is 0 Å². The average Bonchev–Trinajstić information content (AvgIpc) is 2.16. The SMILES string of the molecule is CCC(C=O)CN1CCOCC1. The average molecular weight is 171 g/mol. The van der Waals surface area contributed by atoms with Crippen LogP contribution in [0, 0.1) is 5.92 Å². The Balaban J connectivity index is 2.22. The number of rotatable bonds is 4. The van der Waals surface area contributed by atoms with Crippen molar-refractivity contribution in [3.05, 3.63) is 0 Å². The Bertz CT molecular complexity index is 132. The molecule has 0 aliphatic carbocycles. The highest BCUT2D eigenvalue weighted by molar-refractivity contribution is 5.53. The van der Waals surface area contributed by atoms with Gasteiger partial charge in [0.2, 0.25) is 0 Å². The Labute approximate surface area is 73.7 Å². The van der Waals surface area contributed by atoms with Gasteiger partial charge in [-0.05, 0) is 6.42 Å². The van der Waals surface area contributed by atoms with Crippen LogP contribution in [0.2, 0.25) is 0 Å². The maximum Gasteiger partial charge on any atom is 0.124 e. The maximum atomic E-state index is 10.6. The van der Waals surface area contributed by atoms with E-state index in [4.69, 9.17) is 4.74 Å². The van der Waals surface area contributed by atoms with Gasteiger partial charge in [0.25, 0.3) is 0 Å². The number of carbonyl (C=O) groups excluding carboxylic acids is 1. The summed E-state index contributed by atoms with van der Waals surface area (Å²) in [5.41, 5.74) is 0. The zero-order chi connectivity index (χ0) is 8.81. The van der Waals surface area contributed by atoms with Crippen molar-refractivity contribution in [2.24, 2.45) is 5.92 Å². The van der Waals surface area contributed by atoms with E-state index in [0.717, 1.165) is 45.6 Å². The minimum absolute atomic E-state index is 0.211. The lowest BCUT2D eigenvalue weighted by Gasteiger charge is -2.28. The molecule has 0 spiro atoms. The summed E-state index contributed by atoms with van der Waals surface area (Å²) in [5, 5.41) is 0. The molecule has 1 unspecified atom stereocenters. The standard InChI is InChI=1S/C9H17NO2/c1-2-9(8-11)7-10-3-5-12-6-4-10/h8-9H,2-7H2,1H3. The van der Waals surface area contributed by atoms with Crippen molar-refractivity contribution in [1.29, 1.82) is 0 Å². The molecular weight excluding hydrogens is 154 g/mol. The molecule has 0 amide bonds. The number of nitrogens with zero attached hydrogens (tertiary/aromatic N) is 1. The van der Waals surface area contributed by atoms with Gasteiger partial charge in [-0.1, -0.05) is 6.92 Å². The Morgan fingerprint density at radius 3 is 2.67 bits per heavy atom. The largest absolute Gasteiger partial charge is 0.379 e. The summed E-state index contributed by atoms with van der Waals surface area (Å²) in [4.78, 5) is 12.8. The molecule has 0 saturated carbocycles. The molecule has 70 valence electrons. The first kappa shape index (κ1) is 9.68. The van der Waals surface area contributed by atoms with Crippen molar-refractivity contribution in [1.82, 2.24) is 4.90 Å². The Morgan fingerprint density at radius 2 is 2.17 bits per heavy atom. The normalized spacial score (nSPS) is 22.1. The van der Waals surface area contributed by atoms with Gasteiger partial charge < -0.3 is 9.53 Å². The van der Waals surface area contributed by atoms with Crippen LogP contribution in [0.1, 0.15) is 13.3 Å².